The van der Waals surface area contributed by atoms with Crippen LogP contribution in [0.15, 0.2) is 42.5 Å². The number of rotatable bonds is 7. The van der Waals surface area contributed by atoms with Crippen molar-refractivity contribution < 1.29 is 9.72 Å². The van der Waals surface area contributed by atoms with Crippen LogP contribution < -0.4 is 10.6 Å². The number of hydrogen-bond donors (Lipinski definition) is 2. The Hall–Kier alpha value is -3.82. The molecule has 0 aliphatic heterocycles. The van der Waals surface area contributed by atoms with Crippen LogP contribution in [0.4, 0.5) is 17.1 Å². The number of nitrogens with one attached hydrogen (secondary N) is 2. The lowest BCUT2D eigenvalue weighted by atomic mass is 10.2. The van der Waals surface area contributed by atoms with Gasteiger partial charge in [-0.25, -0.2) is 4.68 Å². The number of tetrazole rings is 1. The van der Waals surface area contributed by atoms with Gasteiger partial charge in [0, 0.05) is 17.3 Å². The summed E-state index contributed by atoms with van der Waals surface area (Å²) >= 11 is 0. The lowest BCUT2D eigenvalue weighted by Gasteiger charge is -2.10. The molecule has 29 heavy (non-hydrogen) atoms. The minimum absolute atomic E-state index is 0.0396. The van der Waals surface area contributed by atoms with Crippen LogP contribution in [0, 0.1) is 17.0 Å². The molecule has 10 nitrogen and oxygen atoms in total. The fraction of sp³-hybridized carbons (Fsp3) is 0.263. The summed E-state index contributed by atoms with van der Waals surface area (Å²) in [5.41, 5.74) is 2.36. The average molecular weight is 393 g/mol. The number of carbonyl (C=O) groups excluding carboxylic acids is 1. The van der Waals surface area contributed by atoms with Gasteiger partial charge in [0.05, 0.1) is 17.5 Å². The molecular weight excluding hydrogens is 374 g/mol. The van der Waals surface area contributed by atoms with Crippen LogP contribution in [0.3, 0.4) is 0 Å². The first-order chi connectivity index (χ1) is 14.0. The molecule has 2 N–H and O–H groups in total. The van der Waals surface area contributed by atoms with Gasteiger partial charge >= 0.3 is 0 Å². The molecule has 0 spiro atoms. The first kappa shape index (κ1) is 18.5. The van der Waals surface area contributed by atoms with E-state index in [-0.39, 0.29) is 23.8 Å². The lowest BCUT2D eigenvalue weighted by Crippen LogP contribution is -2.22. The van der Waals surface area contributed by atoms with Crippen molar-refractivity contribution in [1.82, 2.24) is 20.2 Å². The van der Waals surface area contributed by atoms with Gasteiger partial charge in [-0.1, -0.05) is 18.2 Å². The second-order valence-electron chi connectivity index (χ2n) is 6.94. The summed E-state index contributed by atoms with van der Waals surface area (Å²) in [6, 6.07) is 12.5. The minimum atomic E-state index is -0.510. The zero-order valence-corrected chi connectivity index (χ0v) is 15.7. The van der Waals surface area contributed by atoms with Gasteiger partial charge in [0.25, 0.3) is 5.69 Å². The largest absolute Gasteiger partial charge is 0.376 e. The number of anilines is 2. The Labute approximate surface area is 166 Å². The van der Waals surface area contributed by atoms with E-state index in [2.05, 4.69) is 26.2 Å². The predicted octanol–water partition coefficient (Wildman–Crippen LogP) is 2.94. The first-order valence-corrected chi connectivity index (χ1v) is 9.18. The van der Waals surface area contributed by atoms with Gasteiger partial charge in [0.15, 0.2) is 5.82 Å². The van der Waals surface area contributed by atoms with Crippen LogP contribution in [-0.4, -0.2) is 37.6 Å². The molecule has 1 aromatic heterocycles. The van der Waals surface area contributed by atoms with Crippen molar-refractivity contribution in [1.29, 1.82) is 0 Å². The van der Waals surface area contributed by atoms with Gasteiger partial charge in [-0.3, -0.25) is 14.9 Å². The van der Waals surface area contributed by atoms with E-state index in [0.717, 1.165) is 29.7 Å². The van der Waals surface area contributed by atoms with Crippen LogP contribution in [0.25, 0.3) is 11.4 Å². The van der Waals surface area contributed by atoms with E-state index in [9.17, 15) is 14.9 Å². The first-order valence-electron chi connectivity index (χ1n) is 9.18. The highest BCUT2D eigenvalue weighted by molar-refractivity contribution is 5.95. The van der Waals surface area contributed by atoms with E-state index in [1.807, 2.05) is 28.9 Å². The van der Waals surface area contributed by atoms with Crippen molar-refractivity contribution in [2.75, 3.05) is 17.2 Å². The maximum atomic E-state index is 12.3. The number of carbonyl (C=O) groups is 1. The lowest BCUT2D eigenvalue weighted by molar-refractivity contribution is -0.384. The SMILES string of the molecule is Cc1ccc(NC(=O)CNc2cccc(-c3nnnn3C3CC3)c2)c([N+](=O)[O-])c1. The highest BCUT2D eigenvalue weighted by Gasteiger charge is 2.28. The van der Waals surface area contributed by atoms with Crippen molar-refractivity contribution in [3.8, 4) is 11.4 Å². The molecule has 0 atom stereocenters. The topological polar surface area (TPSA) is 128 Å². The van der Waals surface area contributed by atoms with E-state index in [4.69, 9.17) is 0 Å². The zero-order valence-electron chi connectivity index (χ0n) is 15.7. The molecule has 1 heterocycles. The van der Waals surface area contributed by atoms with Gasteiger partial charge in [-0.2, -0.15) is 0 Å². The average Bonchev–Trinajstić information content (AvgIpc) is 3.44. The monoisotopic (exact) mass is 393 g/mol. The molecule has 1 aliphatic rings. The van der Waals surface area contributed by atoms with Crippen LogP contribution in [0.1, 0.15) is 24.4 Å². The fourth-order valence-electron chi connectivity index (χ4n) is 2.99. The van der Waals surface area contributed by atoms with E-state index < -0.39 is 4.92 Å². The highest BCUT2D eigenvalue weighted by Crippen LogP contribution is 2.36. The van der Waals surface area contributed by atoms with Gasteiger partial charge < -0.3 is 10.6 Å². The van der Waals surface area contributed by atoms with E-state index >= 15 is 0 Å². The summed E-state index contributed by atoms with van der Waals surface area (Å²) in [5, 5.41) is 28.7. The molecule has 3 aromatic rings. The molecule has 0 saturated heterocycles. The van der Waals surface area contributed by atoms with E-state index in [0.29, 0.717) is 11.9 Å². The summed E-state index contributed by atoms with van der Waals surface area (Å²) in [6.07, 6.45) is 2.14. The molecule has 1 saturated carbocycles. The summed E-state index contributed by atoms with van der Waals surface area (Å²) in [4.78, 5) is 23.0. The van der Waals surface area contributed by atoms with Gasteiger partial charge in [-0.15, -0.1) is 5.10 Å². The molecule has 1 aliphatic carbocycles. The third kappa shape index (κ3) is 4.21. The van der Waals surface area contributed by atoms with Crippen molar-refractivity contribution in [2.45, 2.75) is 25.8 Å². The number of nitro benzene ring substituents is 1. The Morgan fingerprint density at radius 2 is 2.10 bits per heavy atom. The molecular formula is C19H19N7O3. The van der Waals surface area contributed by atoms with E-state index in [1.54, 1.807) is 13.0 Å². The molecule has 1 amide bonds. The Morgan fingerprint density at radius 3 is 2.86 bits per heavy atom. The number of nitro groups is 1. The molecule has 148 valence electrons. The van der Waals surface area contributed by atoms with Gasteiger partial charge in [0.2, 0.25) is 5.91 Å². The third-order valence-corrected chi connectivity index (χ3v) is 4.58. The zero-order chi connectivity index (χ0) is 20.4. The van der Waals surface area contributed by atoms with Crippen molar-refractivity contribution in [2.24, 2.45) is 0 Å². The second kappa shape index (κ2) is 7.66. The molecule has 0 radical (unpaired) electrons. The minimum Gasteiger partial charge on any atom is -0.376 e. The number of hydrogen-bond acceptors (Lipinski definition) is 7. The standard InChI is InChI=1S/C19H19N7O3/c1-12-5-8-16(17(9-12)26(28)29)21-18(27)11-20-14-4-2-3-13(10-14)19-22-23-24-25(19)15-6-7-15/h2-5,8-10,15,20H,6-7,11H2,1H3,(H,21,27). The summed E-state index contributed by atoms with van der Waals surface area (Å²) < 4.78 is 1.82. The van der Waals surface area contributed by atoms with Crippen molar-refractivity contribution >= 4 is 23.0 Å². The molecule has 1 fully saturated rings. The Kier molecular flexibility index (Phi) is 4.90. The third-order valence-electron chi connectivity index (χ3n) is 4.58. The molecule has 4 rings (SSSR count). The van der Waals surface area contributed by atoms with Gasteiger partial charge in [0.1, 0.15) is 5.69 Å². The van der Waals surface area contributed by atoms with Crippen LogP contribution >= 0.6 is 0 Å². The maximum absolute atomic E-state index is 12.3. The molecule has 2 aromatic carbocycles. The highest BCUT2D eigenvalue weighted by atomic mass is 16.6. The predicted molar refractivity (Wildman–Crippen MR) is 106 cm³/mol. The number of aromatic nitrogens is 4. The molecule has 10 heteroatoms. The van der Waals surface area contributed by atoms with Crippen molar-refractivity contribution in [3.63, 3.8) is 0 Å². The smallest absolute Gasteiger partial charge is 0.293 e. The number of benzene rings is 2. The summed E-state index contributed by atoms with van der Waals surface area (Å²) in [6.45, 7) is 1.72. The van der Waals surface area contributed by atoms with Gasteiger partial charge in [-0.05, 0) is 54.0 Å². The quantitative estimate of drug-likeness (QED) is 0.466. The Balaban J connectivity index is 1.43. The molecule has 0 bridgehead atoms. The van der Waals surface area contributed by atoms with E-state index in [1.165, 1.54) is 12.1 Å². The van der Waals surface area contributed by atoms with Crippen LogP contribution in [0.5, 0.6) is 0 Å². The molecule has 0 unspecified atom stereocenters. The Morgan fingerprint density at radius 1 is 1.28 bits per heavy atom. The van der Waals surface area contributed by atoms with Crippen LogP contribution in [-0.2, 0) is 4.79 Å². The summed E-state index contributed by atoms with van der Waals surface area (Å²) in [7, 11) is 0. The number of amides is 1. The Bertz CT molecular complexity index is 1080. The number of nitrogens with zero attached hydrogens (tertiary/aromatic N) is 5. The number of aryl methyl sites for hydroxylation is 1. The fourth-order valence-corrected chi connectivity index (χ4v) is 2.99. The van der Waals surface area contributed by atoms with Crippen molar-refractivity contribution in [3.05, 3.63) is 58.1 Å². The maximum Gasteiger partial charge on any atom is 0.293 e. The van der Waals surface area contributed by atoms with Crippen LogP contribution in [0.2, 0.25) is 0 Å². The normalized spacial score (nSPS) is 13.1. The second-order valence-corrected chi connectivity index (χ2v) is 6.94. The summed E-state index contributed by atoms with van der Waals surface area (Å²) in [5.74, 6) is 0.307.